The fourth-order valence-electron chi connectivity index (χ4n) is 3.60. The van der Waals surface area contributed by atoms with Crippen molar-refractivity contribution in [1.29, 1.82) is 0 Å². The van der Waals surface area contributed by atoms with Crippen molar-refractivity contribution in [2.75, 3.05) is 0 Å². The Balaban J connectivity index is 1.51. The molecule has 1 N–H and O–H groups in total. The SMILES string of the molecule is C[C@@H](OCc1ccn(Cc2c(Cl)cccc2Cl)n1)[C@](O)(Cn1cncn1)c1ccc(F)cc1F. The highest BCUT2D eigenvalue weighted by Gasteiger charge is 2.40. The van der Waals surface area contributed by atoms with Crippen molar-refractivity contribution >= 4 is 23.2 Å². The second-order valence-corrected chi connectivity index (χ2v) is 8.61. The lowest BCUT2D eigenvalue weighted by molar-refractivity contribution is -0.124. The lowest BCUT2D eigenvalue weighted by Crippen LogP contribution is -2.44. The van der Waals surface area contributed by atoms with E-state index in [1.165, 1.54) is 23.4 Å². The third-order valence-electron chi connectivity index (χ3n) is 5.50. The molecule has 178 valence electrons. The van der Waals surface area contributed by atoms with Gasteiger partial charge in [0.25, 0.3) is 0 Å². The Bertz CT molecular complexity index is 1250. The molecule has 2 heterocycles. The van der Waals surface area contributed by atoms with E-state index in [0.29, 0.717) is 22.3 Å². The maximum absolute atomic E-state index is 14.6. The van der Waals surface area contributed by atoms with Gasteiger partial charge in [0.15, 0.2) is 0 Å². The maximum atomic E-state index is 14.6. The molecule has 0 unspecified atom stereocenters. The van der Waals surface area contributed by atoms with Crippen LogP contribution in [0, 0.1) is 11.6 Å². The molecule has 0 fully saturated rings. The molecule has 0 aliphatic carbocycles. The monoisotopic (exact) mass is 507 g/mol. The highest BCUT2D eigenvalue weighted by atomic mass is 35.5. The zero-order valence-electron chi connectivity index (χ0n) is 18.1. The van der Waals surface area contributed by atoms with Gasteiger partial charge in [-0.25, -0.2) is 18.4 Å². The zero-order chi connectivity index (χ0) is 24.3. The number of rotatable bonds is 9. The molecule has 0 aliphatic heterocycles. The summed E-state index contributed by atoms with van der Waals surface area (Å²) in [6.07, 6.45) is 3.52. The molecule has 0 amide bonds. The topological polar surface area (TPSA) is 78.0 Å². The molecule has 2 aromatic heterocycles. The number of nitrogens with zero attached hydrogens (tertiary/aromatic N) is 5. The smallest absolute Gasteiger partial charge is 0.138 e. The van der Waals surface area contributed by atoms with E-state index in [9.17, 15) is 13.9 Å². The van der Waals surface area contributed by atoms with Crippen LogP contribution in [-0.4, -0.2) is 35.8 Å². The van der Waals surface area contributed by atoms with Crippen molar-refractivity contribution in [2.24, 2.45) is 0 Å². The number of ether oxygens (including phenoxy) is 1. The van der Waals surface area contributed by atoms with Crippen LogP contribution in [0.25, 0.3) is 0 Å². The van der Waals surface area contributed by atoms with Gasteiger partial charge in [-0.3, -0.25) is 4.68 Å². The van der Waals surface area contributed by atoms with Crippen LogP contribution in [0.1, 0.15) is 23.7 Å². The van der Waals surface area contributed by atoms with E-state index in [-0.39, 0.29) is 18.7 Å². The van der Waals surface area contributed by atoms with Crippen LogP contribution in [0.3, 0.4) is 0 Å². The van der Waals surface area contributed by atoms with Crippen LogP contribution in [0.5, 0.6) is 0 Å². The maximum Gasteiger partial charge on any atom is 0.138 e. The van der Waals surface area contributed by atoms with Crippen LogP contribution in [0.4, 0.5) is 8.78 Å². The molecule has 7 nitrogen and oxygen atoms in total. The van der Waals surface area contributed by atoms with E-state index in [0.717, 1.165) is 17.7 Å². The molecule has 0 spiro atoms. The number of benzene rings is 2. The summed E-state index contributed by atoms with van der Waals surface area (Å²) in [6, 6.07) is 10.0. The minimum atomic E-state index is -1.86. The highest BCUT2D eigenvalue weighted by Crippen LogP contribution is 2.32. The molecule has 4 rings (SSSR count). The third-order valence-corrected chi connectivity index (χ3v) is 6.21. The number of hydrogen-bond donors (Lipinski definition) is 1. The van der Waals surface area contributed by atoms with Crippen molar-refractivity contribution < 1.29 is 18.6 Å². The Morgan fingerprint density at radius 3 is 2.56 bits per heavy atom. The van der Waals surface area contributed by atoms with Crippen molar-refractivity contribution in [3.63, 3.8) is 0 Å². The standard InChI is InChI=1S/C23H21Cl2F2N5O2/c1-15(23(33,12-32-14-28-13-29-32)19-6-5-16(26)9-22(19)27)34-11-17-7-8-31(30-17)10-18-20(24)3-2-4-21(18)25/h2-9,13-15,33H,10-12H2,1H3/t15-,23-/m1/s1. The minimum absolute atomic E-state index is 0.0346. The lowest BCUT2D eigenvalue weighted by Gasteiger charge is -2.34. The van der Waals surface area contributed by atoms with Gasteiger partial charge < -0.3 is 9.84 Å². The molecule has 0 saturated carbocycles. The average molecular weight is 508 g/mol. The van der Waals surface area contributed by atoms with Crippen LogP contribution < -0.4 is 0 Å². The molecule has 0 aliphatic rings. The summed E-state index contributed by atoms with van der Waals surface area (Å²) in [7, 11) is 0. The molecule has 34 heavy (non-hydrogen) atoms. The summed E-state index contributed by atoms with van der Waals surface area (Å²) in [5.74, 6) is -1.64. The summed E-state index contributed by atoms with van der Waals surface area (Å²) >= 11 is 12.5. The van der Waals surface area contributed by atoms with Gasteiger partial charge >= 0.3 is 0 Å². The van der Waals surface area contributed by atoms with Crippen LogP contribution >= 0.6 is 23.2 Å². The molecule has 4 aromatic rings. The van der Waals surface area contributed by atoms with Gasteiger partial charge in [0.1, 0.15) is 29.9 Å². The largest absolute Gasteiger partial charge is 0.380 e. The van der Waals surface area contributed by atoms with Gasteiger partial charge in [-0.15, -0.1) is 0 Å². The van der Waals surface area contributed by atoms with Crippen molar-refractivity contribution in [1.82, 2.24) is 24.5 Å². The first-order valence-electron chi connectivity index (χ1n) is 10.3. The van der Waals surface area contributed by atoms with E-state index >= 15 is 0 Å². The summed E-state index contributed by atoms with van der Waals surface area (Å²) in [4.78, 5) is 3.85. The van der Waals surface area contributed by atoms with Crippen LogP contribution in [-0.2, 0) is 30.0 Å². The van der Waals surface area contributed by atoms with E-state index in [1.54, 1.807) is 42.1 Å². The second kappa shape index (κ2) is 10.2. The first-order valence-corrected chi connectivity index (χ1v) is 11.1. The van der Waals surface area contributed by atoms with Gasteiger partial charge in [0, 0.05) is 33.4 Å². The molecule has 0 saturated heterocycles. The lowest BCUT2D eigenvalue weighted by atomic mass is 9.88. The average Bonchev–Trinajstić information content (AvgIpc) is 3.46. The summed E-state index contributed by atoms with van der Waals surface area (Å²) < 4.78 is 37.0. The molecule has 11 heteroatoms. The van der Waals surface area contributed by atoms with Crippen molar-refractivity contribution in [3.05, 3.63) is 99.8 Å². The number of halogens is 4. The Hall–Kier alpha value is -2.85. The minimum Gasteiger partial charge on any atom is -0.380 e. The molecular formula is C23H21Cl2F2N5O2. The van der Waals surface area contributed by atoms with Gasteiger partial charge in [-0.05, 0) is 31.2 Å². The predicted molar refractivity (Wildman–Crippen MR) is 122 cm³/mol. The van der Waals surface area contributed by atoms with E-state index in [1.807, 2.05) is 0 Å². The summed E-state index contributed by atoms with van der Waals surface area (Å²) in [6.45, 7) is 1.84. The first-order chi connectivity index (χ1) is 16.3. The molecular weight excluding hydrogens is 487 g/mol. The van der Waals surface area contributed by atoms with Crippen LogP contribution in [0.15, 0.2) is 61.3 Å². The van der Waals surface area contributed by atoms with E-state index in [2.05, 4.69) is 15.2 Å². The highest BCUT2D eigenvalue weighted by molar-refractivity contribution is 6.35. The Kier molecular flexibility index (Phi) is 7.27. The van der Waals surface area contributed by atoms with Gasteiger partial charge in [0.2, 0.25) is 0 Å². The van der Waals surface area contributed by atoms with E-state index < -0.39 is 23.3 Å². The Morgan fingerprint density at radius 2 is 1.88 bits per heavy atom. The molecule has 2 atom stereocenters. The van der Waals surface area contributed by atoms with Crippen LogP contribution in [0.2, 0.25) is 10.0 Å². The second-order valence-electron chi connectivity index (χ2n) is 7.80. The number of aromatic nitrogens is 5. The third kappa shape index (κ3) is 5.28. The fourth-order valence-corrected chi connectivity index (χ4v) is 4.11. The van der Waals surface area contributed by atoms with Gasteiger partial charge in [-0.2, -0.15) is 10.2 Å². The van der Waals surface area contributed by atoms with Gasteiger partial charge in [0.05, 0.1) is 31.5 Å². The fraction of sp³-hybridized carbons (Fsp3) is 0.261. The van der Waals surface area contributed by atoms with Gasteiger partial charge in [-0.1, -0.05) is 35.3 Å². The summed E-state index contributed by atoms with van der Waals surface area (Å²) in [5, 5.41) is 21.0. The van der Waals surface area contributed by atoms with E-state index in [4.69, 9.17) is 27.9 Å². The number of hydrogen-bond acceptors (Lipinski definition) is 5. The van der Waals surface area contributed by atoms with Crippen molar-refractivity contribution in [2.45, 2.75) is 38.3 Å². The normalized spacial score (nSPS) is 14.2. The molecule has 2 aromatic carbocycles. The first kappa shape index (κ1) is 24.3. The number of aliphatic hydroxyl groups is 1. The quantitative estimate of drug-likeness (QED) is 0.358. The Morgan fingerprint density at radius 1 is 1.12 bits per heavy atom. The zero-order valence-corrected chi connectivity index (χ0v) is 19.6. The Labute approximate surface area is 204 Å². The van der Waals surface area contributed by atoms with Crippen molar-refractivity contribution in [3.8, 4) is 0 Å². The summed E-state index contributed by atoms with van der Waals surface area (Å²) in [5.41, 5.74) is -0.656. The molecule has 0 radical (unpaired) electrons. The predicted octanol–water partition coefficient (Wildman–Crippen LogP) is 4.60. The molecule has 0 bridgehead atoms.